The molecule has 2 heterocycles. The molecule has 8 heteroatoms. The van der Waals surface area contributed by atoms with E-state index in [0.717, 1.165) is 0 Å². The normalized spacial score (nSPS) is 15.0. The zero-order chi connectivity index (χ0) is 19.7. The average Bonchev–Trinajstić information content (AvgIpc) is 3.14. The number of hydrogen-bond acceptors (Lipinski definition) is 6. The maximum atomic E-state index is 12.5. The van der Waals surface area contributed by atoms with Gasteiger partial charge in [-0.25, -0.2) is 4.79 Å². The van der Waals surface area contributed by atoms with Crippen LogP contribution in [0.2, 0.25) is 0 Å². The van der Waals surface area contributed by atoms with Gasteiger partial charge < -0.3 is 24.4 Å². The summed E-state index contributed by atoms with van der Waals surface area (Å²) >= 11 is 0. The summed E-state index contributed by atoms with van der Waals surface area (Å²) in [6.07, 6.45) is 0. The molecule has 8 nitrogen and oxygen atoms in total. The number of methoxy groups -OCH3 is 1. The van der Waals surface area contributed by atoms with Gasteiger partial charge in [0.05, 0.1) is 18.6 Å². The monoisotopic (exact) mass is 382 g/mol. The van der Waals surface area contributed by atoms with Crippen molar-refractivity contribution in [3.8, 4) is 11.5 Å². The Balaban J connectivity index is 1.31. The second-order valence-corrected chi connectivity index (χ2v) is 6.53. The van der Waals surface area contributed by atoms with Gasteiger partial charge in [0.15, 0.2) is 11.5 Å². The lowest BCUT2D eigenvalue weighted by molar-refractivity contribution is -0.123. The van der Waals surface area contributed by atoms with Gasteiger partial charge in [0.25, 0.3) is 5.91 Å². The number of fused-ring (bicyclic) bond motifs is 1. The van der Waals surface area contributed by atoms with Crippen LogP contribution in [0.4, 0.5) is 5.69 Å². The van der Waals surface area contributed by atoms with E-state index in [1.165, 1.54) is 7.11 Å². The Labute approximate surface area is 161 Å². The molecular formula is C20H18N2O6. The first-order valence-corrected chi connectivity index (χ1v) is 8.73. The Kier molecular flexibility index (Phi) is 4.60. The molecule has 1 fully saturated rings. The molecule has 0 radical (unpaired) electrons. The highest BCUT2D eigenvalue weighted by Crippen LogP contribution is 2.33. The summed E-state index contributed by atoms with van der Waals surface area (Å²) in [6.45, 7) is 0.845. The number of ether oxygens (including phenoxy) is 3. The lowest BCUT2D eigenvalue weighted by atomic mass is 9.97. The molecule has 2 amide bonds. The van der Waals surface area contributed by atoms with Crippen molar-refractivity contribution in [2.45, 2.75) is 0 Å². The fourth-order valence-corrected chi connectivity index (χ4v) is 3.07. The van der Waals surface area contributed by atoms with Crippen molar-refractivity contribution >= 4 is 23.5 Å². The number of hydrogen-bond donors (Lipinski definition) is 1. The van der Waals surface area contributed by atoms with Crippen molar-refractivity contribution < 1.29 is 28.6 Å². The van der Waals surface area contributed by atoms with Crippen LogP contribution in [0, 0.1) is 5.92 Å². The molecule has 2 aromatic carbocycles. The van der Waals surface area contributed by atoms with Crippen molar-refractivity contribution in [1.29, 1.82) is 0 Å². The van der Waals surface area contributed by atoms with E-state index in [1.54, 1.807) is 47.4 Å². The van der Waals surface area contributed by atoms with Crippen LogP contribution < -0.4 is 14.8 Å². The summed E-state index contributed by atoms with van der Waals surface area (Å²) in [5.41, 5.74) is 1.49. The third-order valence-corrected chi connectivity index (χ3v) is 4.73. The summed E-state index contributed by atoms with van der Waals surface area (Å²) < 4.78 is 15.2. The van der Waals surface area contributed by atoms with E-state index in [-0.39, 0.29) is 24.5 Å². The first kappa shape index (κ1) is 17.8. The Morgan fingerprint density at radius 1 is 1.00 bits per heavy atom. The molecule has 1 saturated heterocycles. The molecule has 0 atom stereocenters. The van der Waals surface area contributed by atoms with Crippen LogP contribution >= 0.6 is 0 Å². The van der Waals surface area contributed by atoms with Gasteiger partial charge in [-0.05, 0) is 42.5 Å². The maximum Gasteiger partial charge on any atom is 0.337 e. The lowest BCUT2D eigenvalue weighted by Crippen LogP contribution is -2.54. The number of benzene rings is 2. The second-order valence-electron chi connectivity index (χ2n) is 6.53. The van der Waals surface area contributed by atoms with E-state index in [0.29, 0.717) is 41.4 Å². The number of likely N-dealkylation sites (tertiary alicyclic amines) is 1. The van der Waals surface area contributed by atoms with Crippen LogP contribution in [0.15, 0.2) is 42.5 Å². The smallest absolute Gasteiger partial charge is 0.337 e. The largest absolute Gasteiger partial charge is 0.465 e. The van der Waals surface area contributed by atoms with Gasteiger partial charge in [-0.2, -0.15) is 0 Å². The average molecular weight is 382 g/mol. The topological polar surface area (TPSA) is 94.2 Å². The SMILES string of the molecule is COC(=O)c1ccc(NC(=O)C2CN(C(=O)c3ccc4c(c3)OCO4)C2)cc1. The molecular weight excluding hydrogens is 364 g/mol. The van der Waals surface area contributed by atoms with Gasteiger partial charge in [-0.1, -0.05) is 0 Å². The van der Waals surface area contributed by atoms with E-state index in [4.69, 9.17) is 9.47 Å². The molecule has 0 bridgehead atoms. The molecule has 0 aromatic heterocycles. The van der Waals surface area contributed by atoms with Crippen molar-refractivity contribution in [3.05, 3.63) is 53.6 Å². The summed E-state index contributed by atoms with van der Waals surface area (Å²) in [5.74, 6) is 0.143. The van der Waals surface area contributed by atoms with Gasteiger partial charge >= 0.3 is 5.97 Å². The molecule has 0 spiro atoms. The minimum Gasteiger partial charge on any atom is -0.465 e. The molecule has 144 valence electrons. The van der Waals surface area contributed by atoms with E-state index in [1.807, 2.05) is 0 Å². The van der Waals surface area contributed by atoms with E-state index < -0.39 is 5.97 Å². The van der Waals surface area contributed by atoms with Crippen molar-refractivity contribution in [2.24, 2.45) is 5.92 Å². The number of carbonyl (C=O) groups excluding carboxylic acids is 3. The minimum atomic E-state index is -0.436. The molecule has 1 N–H and O–H groups in total. The highest BCUT2D eigenvalue weighted by molar-refractivity contribution is 5.99. The summed E-state index contributed by atoms with van der Waals surface area (Å²) in [4.78, 5) is 37.9. The van der Waals surface area contributed by atoms with Crippen LogP contribution in [-0.4, -0.2) is 49.7 Å². The third kappa shape index (κ3) is 3.36. The van der Waals surface area contributed by atoms with Crippen molar-refractivity contribution in [1.82, 2.24) is 4.90 Å². The van der Waals surface area contributed by atoms with Crippen molar-refractivity contribution in [2.75, 3.05) is 32.3 Å². The van der Waals surface area contributed by atoms with E-state index in [9.17, 15) is 14.4 Å². The molecule has 0 unspecified atom stereocenters. The Hall–Kier alpha value is -3.55. The standard InChI is InChI=1S/C20H18N2O6/c1-26-20(25)12-2-5-15(6-3-12)21-18(23)14-9-22(10-14)19(24)13-4-7-16-17(8-13)28-11-27-16/h2-8,14H,9-11H2,1H3,(H,21,23). The molecule has 0 aliphatic carbocycles. The molecule has 28 heavy (non-hydrogen) atoms. The number of esters is 1. The number of amides is 2. The van der Waals surface area contributed by atoms with Crippen LogP contribution in [0.3, 0.4) is 0 Å². The zero-order valence-electron chi connectivity index (χ0n) is 15.1. The van der Waals surface area contributed by atoms with Crippen LogP contribution in [0.25, 0.3) is 0 Å². The van der Waals surface area contributed by atoms with Crippen molar-refractivity contribution in [3.63, 3.8) is 0 Å². The van der Waals surface area contributed by atoms with Gasteiger partial charge in [-0.15, -0.1) is 0 Å². The number of nitrogens with zero attached hydrogens (tertiary/aromatic N) is 1. The third-order valence-electron chi connectivity index (χ3n) is 4.73. The van der Waals surface area contributed by atoms with Gasteiger partial charge in [0, 0.05) is 24.3 Å². The number of rotatable bonds is 4. The molecule has 2 aliphatic heterocycles. The first-order valence-electron chi connectivity index (χ1n) is 8.73. The predicted molar refractivity (Wildman–Crippen MR) is 98.4 cm³/mol. The number of anilines is 1. The highest BCUT2D eigenvalue weighted by atomic mass is 16.7. The first-order chi connectivity index (χ1) is 13.5. The van der Waals surface area contributed by atoms with Crippen LogP contribution in [0.5, 0.6) is 11.5 Å². The fraction of sp³-hybridized carbons (Fsp3) is 0.250. The zero-order valence-corrected chi connectivity index (χ0v) is 15.1. The maximum absolute atomic E-state index is 12.5. The van der Waals surface area contributed by atoms with Gasteiger partial charge in [0.2, 0.25) is 12.7 Å². The Morgan fingerprint density at radius 3 is 2.39 bits per heavy atom. The minimum absolute atomic E-state index is 0.148. The van der Waals surface area contributed by atoms with E-state index >= 15 is 0 Å². The van der Waals surface area contributed by atoms with E-state index in [2.05, 4.69) is 10.1 Å². The highest BCUT2D eigenvalue weighted by Gasteiger charge is 2.36. The fourth-order valence-electron chi connectivity index (χ4n) is 3.07. The molecule has 0 saturated carbocycles. The second kappa shape index (κ2) is 7.22. The van der Waals surface area contributed by atoms with Gasteiger partial charge in [-0.3, -0.25) is 9.59 Å². The molecule has 4 rings (SSSR count). The Morgan fingerprint density at radius 2 is 1.68 bits per heavy atom. The number of carbonyl (C=O) groups is 3. The summed E-state index contributed by atoms with van der Waals surface area (Å²) in [7, 11) is 1.31. The van der Waals surface area contributed by atoms with Crippen LogP contribution in [-0.2, 0) is 9.53 Å². The summed E-state index contributed by atoms with van der Waals surface area (Å²) in [6, 6.07) is 11.5. The molecule has 2 aliphatic rings. The van der Waals surface area contributed by atoms with Crippen LogP contribution in [0.1, 0.15) is 20.7 Å². The lowest BCUT2D eigenvalue weighted by Gasteiger charge is -2.38. The quantitative estimate of drug-likeness (QED) is 0.812. The Bertz CT molecular complexity index is 934. The molecule has 2 aromatic rings. The predicted octanol–water partition coefficient (Wildman–Crippen LogP) is 1.91. The summed E-state index contributed by atoms with van der Waals surface area (Å²) in [5, 5.41) is 2.80. The number of nitrogens with one attached hydrogen (secondary N) is 1. The van der Waals surface area contributed by atoms with Gasteiger partial charge in [0.1, 0.15) is 0 Å².